The second-order valence-corrected chi connectivity index (χ2v) is 6.75. The summed E-state index contributed by atoms with van der Waals surface area (Å²) < 4.78 is 5.93. The van der Waals surface area contributed by atoms with E-state index in [1.54, 1.807) is 0 Å². The molecule has 0 saturated carbocycles. The van der Waals surface area contributed by atoms with Gasteiger partial charge in [-0.25, -0.2) is 0 Å². The Morgan fingerprint density at radius 2 is 1.73 bits per heavy atom. The Balaban J connectivity index is 0.00000169. The summed E-state index contributed by atoms with van der Waals surface area (Å²) in [5, 5.41) is 7.01. The van der Waals surface area contributed by atoms with Crippen molar-refractivity contribution in [2.24, 2.45) is 5.92 Å². The highest BCUT2D eigenvalue weighted by atomic mass is 35.5. The fourth-order valence-electron chi connectivity index (χ4n) is 3.10. The zero-order valence-electron chi connectivity index (χ0n) is 15.3. The van der Waals surface area contributed by atoms with Gasteiger partial charge in [-0.15, -0.1) is 0 Å². The number of aryl methyl sites for hydroxylation is 1. The van der Waals surface area contributed by atoms with Crippen LogP contribution in [0.25, 0.3) is 0 Å². The van der Waals surface area contributed by atoms with Crippen molar-refractivity contribution in [1.82, 2.24) is 10.6 Å². The Bertz CT molecular complexity index is 628. The zero-order valence-corrected chi connectivity index (χ0v) is 16.8. The molecule has 0 aromatic heterocycles. The van der Waals surface area contributed by atoms with Crippen LogP contribution >= 0.6 is 0 Å². The molecule has 5 heteroatoms. The Hall–Kier alpha value is -1.26. The summed E-state index contributed by atoms with van der Waals surface area (Å²) in [6, 6.07) is 16.9. The molecule has 26 heavy (non-hydrogen) atoms. The minimum atomic E-state index is 0. The largest absolute Gasteiger partial charge is 1.00 e. The first-order chi connectivity index (χ1) is 11.8. The smallest absolute Gasteiger partial charge is 0.120 e. The summed E-state index contributed by atoms with van der Waals surface area (Å²) >= 11 is 0. The molecule has 0 bridgehead atoms. The highest BCUT2D eigenvalue weighted by Gasteiger charge is 2.11. The van der Waals surface area contributed by atoms with Gasteiger partial charge in [-0.3, -0.25) is 0 Å². The summed E-state index contributed by atoms with van der Waals surface area (Å²) in [6.45, 7) is 7.06. The monoisotopic (exact) mass is 394 g/mol. The van der Waals surface area contributed by atoms with Crippen molar-refractivity contribution < 1.29 is 29.6 Å². The molecule has 1 aliphatic rings. The maximum atomic E-state index is 5.93. The van der Waals surface area contributed by atoms with Crippen LogP contribution in [-0.2, 0) is 13.2 Å². The lowest BCUT2D eigenvalue weighted by molar-refractivity contribution is -0.00100. The molecule has 0 atom stereocenters. The Labute approximate surface area is 169 Å². The molecule has 2 N–H and O–H groups in total. The Morgan fingerprint density at radius 3 is 2.46 bits per heavy atom. The van der Waals surface area contributed by atoms with E-state index < -0.39 is 0 Å². The van der Waals surface area contributed by atoms with E-state index in [0.717, 1.165) is 37.8 Å². The van der Waals surface area contributed by atoms with Crippen LogP contribution < -0.4 is 40.2 Å². The molecule has 144 valence electrons. The first-order valence-corrected chi connectivity index (χ1v) is 8.98. The van der Waals surface area contributed by atoms with Crippen molar-refractivity contribution in [2.45, 2.75) is 32.9 Å². The molecule has 0 amide bonds. The lowest BCUT2D eigenvalue weighted by atomic mass is 9.98. The fourth-order valence-corrected chi connectivity index (χ4v) is 3.10. The van der Waals surface area contributed by atoms with Crippen LogP contribution in [0.4, 0.5) is 0 Å². The van der Waals surface area contributed by atoms with Crippen LogP contribution in [0.3, 0.4) is 0 Å². The van der Waals surface area contributed by atoms with Gasteiger partial charge in [0.1, 0.15) is 12.4 Å². The van der Waals surface area contributed by atoms with Gasteiger partial charge in [-0.05, 0) is 68.6 Å². The van der Waals surface area contributed by atoms with Crippen LogP contribution in [0.15, 0.2) is 48.5 Å². The predicted molar refractivity (Wildman–Crippen MR) is 99.3 cm³/mol. The van der Waals surface area contributed by atoms with Crippen LogP contribution in [0.5, 0.6) is 5.75 Å². The molecule has 0 spiro atoms. The Kier molecular flexibility index (Phi) is 10.7. The molecule has 1 saturated heterocycles. The minimum Gasteiger partial charge on any atom is -1.00 e. The summed E-state index contributed by atoms with van der Waals surface area (Å²) in [7, 11) is 0. The average molecular weight is 395 g/mol. The van der Waals surface area contributed by atoms with Gasteiger partial charge < -0.3 is 40.2 Å². The second kappa shape index (κ2) is 12.2. The minimum absolute atomic E-state index is 0. The molecule has 1 aliphatic heterocycles. The SMILES string of the molecule is Cc1ccc(COc2cccc(CNCC3CCNCC3)c2)cc1.[Cl-].[Cl-]. The highest BCUT2D eigenvalue weighted by Crippen LogP contribution is 2.16. The van der Waals surface area contributed by atoms with Gasteiger partial charge >= 0.3 is 0 Å². The number of benzene rings is 2. The van der Waals surface area contributed by atoms with Crippen molar-refractivity contribution >= 4 is 0 Å². The van der Waals surface area contributed by atoms with Crippen LogP contribution in [0.1, 0.15) is 29.5 Å². The van der Waals surface area contributed by atoms with Crippen LogP contribution in [0, 0.1) is 12.8 Å². The number of hydrogen-bond acceptors (Lipinski definition) is 3. The number of nitrogens with one attached hydrogen (secondary N) is 2. The highest BCUT2D eigenvalue weighted by molar-refractivity contribution is 5.29. The summed E-state index contributed by atoms with van der Waals surface area (Å²) in [4.78, 5) is 0. The summed E-state index contributed by atoms with van der Waals surface area (Å²) in [6.07, 6.45) is 2.57. The molecular weight excluding hydrogens is 367 g/mol. The third kappa shape index (κ3) is 7.55. The number of piperidine rings is 1. The maximum Gasteiger partial charge on any atom is 0.120 e. The predicted octanol–water partition coefficient (Wildman–Crippen LogP) is -2.33. The molecule has 2 aromatic rings. The molecule has 0 unspecified atom stereocenters. The van der Waals surface area contributed by atoms with Crippen molar-refractivity contribution in [1.29, 1.82) is 0 Å². The standard InChI is InChI=1S/C21H28N2O.2ClH/c1-17-5-7-19(8-6-17)16-24-21-4-2-3-20(13-21)15-23-14-18-9-11-22-12-10-18;;/h2-8,13,18,22-23H,9-12,14-16H2,1H3;2*1H/p-2. The van der Waals surface area contributed by atoms with E-state index in [2.05, 4.69) is 60.0 Å². The van der Waals surface area contributed by atoms with E-state index in [-0.39, 0.29) is 24.8 Å². The van der Waals surface area contributed by atoms with Crippen molar-refractivity contribution in [3.63, 3.8) is 0 Å². The van der Waals surface area contributed by atoms with Gasteiger partial charge in [0.25, 0.3) is 0 Å². The van der Waals surface area contributed by atoms with Gasteiger partial charge in [-0.2, -0.15) is 0 Å². The number of halogens is 2. The third-order valence-corrected chi connectivity index (χ3v) is 4.65. The molecular formula is C21H28Cl2N2O-2. The zero-order chi connectivity index (χ0) is 16.6. The average Bonchev–Trinajstić information content (AvgIpc) is 2.63. The quantitative estimate of drug-likeness (QED) is 0.552. The van der Waals surface area contributed by atoms with E-state index in [1.807, 2.05) is 6.07 Å². The van der Waals surface area contributed by atoms with E-state index >= 15 is 0 Å². The Morgan fingerprint density at radius 1 is 1.00 bits per heavy atom. The summed E-state index contributed by atoms with van der Waals surface area (Å²) in [5.74, 6) is 1.75. The van der Waals surface area contributed by atoms with Gasteiger partial charge in [0.05, 0.1) is 0 Å². The number of rotatable bonds is 7. The van der Waals surface area contributed by atoms with Gasteiger partial charge in [0, 0.05) is 6.54 Å². The van der Waals surface area contributed by atoms with Crippen molar-refractivity contribution in [3.8, 4) is 5.75 Å². The van der Waals surface area contributed by atoms with Crippen molar-refractivity contribution in [2.75, 3.05) is 19.6 Å². The second-order valence-electron chi connectivity index (χ2n) is 6.75. The molecule has 0 radical (unpaired) electrons. The number of ether oxygens (including phenoxy) is 1. The maximum absolute atomic E-state index is 5.93. The van der Waals surface area contributed by atoms with E-state index in [4.69, 9.17) is 4.74 Å². The summed E-state index contributed by atoms with van der Waals surface area (Å²) in [5.41, 5.74) is 3.76. The molecule has 0 aliphatic carbocycles. The first-order valence-electron chi connectivity index (χ1n) is 8.98. The van der Waals surface area contributed by atoms with E-state index in [1.165, 1.54) is 29.5 Å². The molecule has 1 fully saturated rings. The van der Waals surface area contributed by atoms with Gasteiger partial charge in [0.15, 0.2) is 0 Å². The van der Waals surface area contributed by atoms with Gasteiger partial charge in [-0.1, -0.05) is 42.0 Å². The lowest BCUT2D eigenvalue weighted by Gasteiger charge is -2.22. The molecule has 3 nitrogen and oxygen atoms in total. The fraction of sp³-hybridized carbons (Fsp3) is 0.429. The molecule has 2 aromatic carbocycles. The third-order valence-electron chi connectivity index (χ3n) is 4.65. The van der Waals surface area contributed by atoms with Crippen LogP contribution in [-0.4, -0.2) is 19.6 Å². The lowest BCUT2D eigenvalue weighted by Crippen LogP contribution is -3.00. The first kappa shape index (κ1) is 22.8. The molecule has 1 heterocycles. The topological polar surface area (TPSA) is 33.3 Å². The van der Waals surface area contributed by atoms with Crippen LogP contribution in [0.2, 0.25) is 0 Å². The van der Waals surface area contributed by atoms with Gasteiger partial charge in [0.2, 0.25) is 0 Å². The normalized spacial score (nSPS) is 14.2. The van der Waals surface area contributed by atoms with E-state index in [9.17, 15) is 0 Å². The number of hydrogen-bond donors (Lipinski definition) is 2. The van der Waals surface area contributed by atoms with Crippen molar-refractivity contribution in [3.05, 3.63) is 65.2 Å². The molecule has 3 rings (SSSR count). The van der Waals surface area contributed by atoms with E-state index in [0.29, 0.717) is 6.61 Å².